The Hall–Kier alpha value is -0.800. The molecule has 0 aromatic heterocycles. The average Bonchev–Trinajstić information content (AvgIpc) is 2.18. The van der Waals surface area contributed by atoms with E-state index >= 15 is 0 Å². The first kappa shape index (κ1) is 10.3. The highest BCUT2D eigenvalue weighted by Crippen LogP contribution is 2.19. The summed E-state index contributed by atoms with van der Waals surface area (Å²) in [6.45, 7) is 1.89. The van der Waals surface area contributed by atoms with Crippen molar-refractivity contribution in [1.82, 2.24) is 0 Å². The normalized spacial score (nSPS) is 12.5. The van der Waals surface area contributed by atoms with Crippen LogP contribution in [-0.2, 0) is 4.79 Å². The van der Waals surface area contributed by atoms with Crippen LogP contribution in [0.3, 0.4) is 0 Å². The second-order valence-electron chi connectivity index (χ2n) is 2.57. The lowest BCUT2D eigenvalue weighted by atomic mass is 10.1. The summed E-state index contributed by atoms with van der Waals surface area (Å²) < 4.78 is 0. The highest BCUT2D eigenvalue weighted by Gasteiger charge is 2.15. The summed E-state index contributed by atoms with van der Waals surface area (Å²) >= 11 is 1.15. The van der Waals surface area contributed by atoms with Gasteiger partial charge in [-0.1, -0.05) is 49.0 Å². The Morgan fingerprint density at radius 2 is 2.08 bits per heavy atom. The molecule has 1 rings (SSSR count). The van der Waals surface area contributed by atoms with Gasteiger partial charge in [-0.15, -0.1) is 0 Å². The number of carbonyl (C=O) groups excluding carboxylic acids is 1. The van der Waals surface area contributed by atoms with Crippen LogP contribution in [0.1, 0.15) is 18.6 Å². The molecule has 0 aliphatic heterocycles. The number of rotatable bonds is 3. The van der Waals surface area contributed by atoms with Gasteiger partial charge in [-0.3, -0.25) is 4.79 Å². The Labute approximate surface area is 82.0 Å². The van der Waals surface area contributed by atoms with E-state index < -0.39 is 6.10 Å². The predicted octanol–water partition coefficient (Wildman–Crippen LogP) is 2.00. The molecule has 0 saturated carbocycles. The maximum Gasteiger partial charge on any atom is 0.221 e. The smallest absolute Gasteiger partial charge is 0.221 e. The van der Waals surface area contributed by atoms with Crippen LogP contribution in [0.5, 0.6) is 0 Å². The third kappa shape index (κ3) is 2.86. The lowest BCUT2D eigenvalue weighted by molar-refractivity contribution is -0.118. The molecule has 0 saturated heterocycles. The number of thioether (sulfide) groups is 1. The summed E-state index contributed by atoms with van der Waals surface area (Å²) in [5.74, 6) is 0.697. The maximum absolute atomic E-state index is 11.3. The van der Waals surface area contributed by atoms with Gasteiger partial charge in [-0.25, -0.2) is 0 Å². The molecule has 0 bridgehead atoms. The predicted molar refractivity (Wildman–Crippen MR) is 54.5 cm³/mol. The third-order valence-electron chi connectivity index (χ3n) is 1.63. The van der Waals surface area contributed by atoms with E-state index in [4.69, 9.17) is 0 Å². The van der Waals surface area contributed by atoms with Crippen molar-refractivity contribution in [2.24, 2.45) is 0 Å². The van der Waals surface area contributed by atoms with Gasteiger partial charge in [0.15, 0.2) is 0 Å². The molecule has 3 heteroatoms. The van der Waals surface area contributed by atoms with E-state index in [1.165, 1.54) is 0 Å². The molecule has 2 nitrogen and oxygen atoms in total. The monoisotopic (exact) mass is 196 g/mol. The Morgan fingerprint density at radius 1 is 1.46 bits per heavy atom. The second-order valence-corrected chi connectivity index (χ2v) is 3.83. The van der Waals surface area contributed by atoms with Crippen LogP contribution in [0.4, 0.5) is 0 Å². The number of hydrogen-bond acceptors (Lipinski definition) is 3. The number of aliphatic hydroxyl groups excluding tert-OH is 1. The van der Waals surface area contributed by atoms with E-state index in [9.17, 15) is 9.90 Å². The first-order chi connectivity index (χ1) is 6.25. The molecule has 1 N–H and O–H groups in total. The van der Waals surface area contributed by atoms with E-state index in [1.54, 1.807) is 12.1 Å². The molecule has 1 unspecified atom stereocenters. The van der Waals surface area contributed by atoms with Gasteiger partial charge in [-0.05, 0) is 11.3 Å². The van der Waals surface area contributed by atoms with Crippen molar-refractivity contribution in [2.75, 3.05) is 5.75 Å². The van der Waals surface area contributed by atoms with Crippen molar-refractivity contribution in [1.29, 1.82) is 0 Å². The summed E-state index contributed by atoms with van der Waals surface area (Å²) in [6.07, 6.45) is -0.980. The number of aliphatic hydroxyl groups is 1. The van der Waals surface area contributed by atoms with Crippen LogP contribution in [-0.4, -0.2) is 16.0 Å². The fraction of sp³-hybridized carbons (Fsp3) is 0.300. The van der Waals surface area contributed by atoms with Crippen LogP contribution in [0, 0.1) is 0 Å². The second kappa shape index (κ2) is 5.04. The van der Waals surface area contributed by atoms with Gasteiger partial charge in [-0.2, -0.15) is 0 Å². The summed E-state index contributed by atoms with van der Waals surface area (Å²) in [4.78, 5) is 11.3. The van der Waals surface area contributed by atoms with Gasteiger partial charge < -0.3 is 5.11 Å². The standard InChI is InChI=1S/C10H12O2S/c1-2-13-10(12)9(11)8-6-4-3-5-7-8/h3-7,9,11H,2H2,1H3. The zero-order valence-electron chi connectivity index (χ0n) is 7.43. The molecule has 0 heterocycles. The van der Waals surface area contributed by atoms with E-state index in [-0.39, 0.29) is 5.12 Å². The number of carbonyl (C=O) groups is 1. The van der Waals surface area contributed by atoms with Gasteiger partial charge >= 0.3 is 0 Å². The minimum absolute atomic E-state index is 0.186. The first-order valence-electron chi connectivity index (χ1n) is 4.15. The van der Waals surface area contributed by atoms with Gasteiger partial charge in [0.2, 0.25) is 5.12 Å². The highest BCUT2D eigenvalue weighted by atomic mass is 32.2. The molecule has 1 aromatic rings. The summed E-state index contributed by atoms with van der Waals surface area (Å²) in [5.41, 5.74) is 0.661. The van der Waals surface area contributed by atoms with Crippen molar-refractivity contribution in [2.45, 2.75) is 13.0 Å². The molecule has 0 radical (unpaired) electrons. The van der Waals surface area contributed by atoms with Gasteiger partial charge in [0, 0.05) is 0 Å². The molecular weight excluding hydrogens is 184 g/mol. The van der Waals surface area contributed by atoms with Crippen molar-refractivity contribution in [3.63, 3.8) is 0 Å². The minimum Gasteiger partial charge on any atom is -0.380 e. The highest BCUT2D eigenvalue weighted by molar-refractivity contribution is 8.13. The zero-order chi connectivity index (χ0) is 9.68. The molecule has 0 aliphatic carbocycles. The van der Waals surface area contributed by atoms with Crippen LogP contribution in [0.15, 0.2) is 30.3 Å². The minimum atomic E-state index is -0.980. The van der Waals surface area contributed by atoms with E-state index in [0.717, 1.165) is 11.8 Å². The van der Waals surface area contributed by atoms with Crippen molar-refractivity contribution >= 4 is 16.9 Å². The van der Waals surface area contributed by atoms with Crippen molar-refractivity contribution in [3.05, 3.63) is 35.9 Å². The third-order valence-corrected chi connectivity index (χ3v) is 2.42. The topological polar surface area (TPSA) is 37.3 Å². The summed E-state index contributed by atoms with van der Waals surface area (Å²) in [7, 11) is 0. The molecule has 1 aromatic carbocycles. The number of benzene rings is 1. The fourth-order valence-corrected chi connectivity index (χ4v) is 1.57. The maximum atomic E-state index is 11.3. The molecule has 1 atom stereocenters. The molecule has 0 aliphatic rings. The molecular formula is C10H12O2S. The largest absolute Gasteiger partial charge is 0.380 e. The summed E-state index contributed by atoms with van der Waals surface area (Å²) in [6, 6.07) is 8.97. The number of hydrogen-bond donors (Lipinski definition) is 1. The van der Waals surface area contributed by atoms with E-state index in [2.05, 4.69) is 0 Å². The lowest BCUT2D eigenvalue weighted by Crippen LogP contribution is -2.07. The SMILES string of the molecule is CCSC(=O)C(O)c1ccccc1. The van der Waals surface area contributed by atoms with Crippen LogP contribution in [0.2, 0.25) is 0 Å². The fourth-order valence-electron chi connectivity index (χ4n) is 0.993. The molecule has 0 amide bonds. The zero-order valence-corrected chi connectivity index (χ0v) is 8.25. The Balaban J connectivity index is 2.68. The average molecular weight is 196 g/mol. The van der Waals surface area contributed by atoms with Crippen molar-refractivity contribution < 1.29 is 9.90 Å². The van der Waals surface area contributed by atoms with Gasteiger partial charge in [0.25, 0.3) is 0 Å². The van der Waals surface area contributed by atoms with E-state index in [0.29, 0.717) is 11.3 Å². The van der Waals surface area contributed by atoms with Gasteiger partial charge in [0.05, 0.1) is 0 Å². The Morgan fingerprint density at radius 3 is 2.62 bits per heavy atom. The van der Waals surface area contributed by atoms with Crippen LogP contribution < -0.4 is 0 Å². The Bertz CT molecular complexity index is 272. The lowest BCUT2D eigenvalue weighted by Gasteiger charge is -2.07. The van der Waals surface area contributed by atoms with Crippen LogP contribution in [0.25, 0.3) is 0 Å². The molecule has 13 heavy (non-hydrogen) atoms. The molecule has 0 fully saturated rings. The van der Waals surface area contributed by atoms with E-state index in [1.807, 2.05) is 25.1 Å². The quantitative estimate of drug-likeness (QED) is 0.803. The first-order valence-corrected chi connectivity index (χ1v) is 5.14. The van der Waals surface area contributed by atoms with Crippen LogP contribution >= 0.6 is 11.8 Å². The summed E-state index contributed by atoms with van der Waals surface area (Å²) in [5, 5.41) is 9.36. The Kier molecular flexibility index (Phi) is 3.99. The molecule has 70 valence electrons. The molecule has 0 spiro atoms. The van der Waals surface area contributed by atoms with Crippen molar-refractivity contribution in [3.8, 4) is 0 Å². The van der Waals surface area contributed by atoms with Gasteiger partial charge in [0.1, 0.15) is 6.10 Å².